The summed E-state index contributed by atoms with van der Waals surface area (Å²) in [5, 5.41) is 0. The highest BCUT2D eigenvalue weighted by Crippen LogP contribution is 2.42. The Kier molecular flexibility index (Phi) is 6.01. The Hall–Kier alpha value is -3.73. The first-order valence-corrected chi connectivity index (χ1v) is 11.8. The summed E-state index contributed by atoms with van der Waals surface area (Å²) in [6.45, 7) is 2.14. The normalized spacial score (nSPS) is 22.1. The molecule has 0 aromatic heterocycles. The Bertz CT molecular complexity index is 1150. The van der Waals surface area contributed by atoms with E-state index in [4.69, 9.17) is 4.74 Å². The Morgan fingerprint density at radius 2 is 1.35 bits per heavy atom. The highest BCUT2D eigenvalue weighted by Gasteiger charge is 2.49. The van der Waals surface area contributed by atoms with Gasteiger partial charge in [-0.15, -0.1) is 0 Å². The van der Waals surface area contributed by atoms with Crippen molar-refractivity contribution in [3.63, 3.8) is 0 Å². The molecule has 0 bridgehead atoms. The van der Waals surface area contributed by atoms with E-state index in [2.05, 4.69) is 6.92 Å². The minimum absolute atomic E-state index is 0.111. The third-order valence-corrected chi connectivity index (χ3v) is 7.00. The van der Waals surface area contributed by atoms with Crippen molar-refractivity contribution in [2.75, 3.05) is 4.90 Å². The Morgan fingerprint density at radius 3 is 1.94 bits per heavy atom. The smallest absolute Gasteiger partial charge is 0.323 e. The van der Waals surface area contributed by atoms with Crippen LogP contribution in [0.15, 0.2) is 84.9 Å². The molecule has 0 N–H and O–H groups in total. The number of carbonyl (C=O) groups is 3. The Labute approximate surface area is 199 Å². The number of hydrogen-bond donors (Lipinski definition) is 0. The molecule has 1 aliphatic heterocycles. The zero-order valence-electron chi connectivity index (χ0n) is 19.1. The van der Waals surface area contributed by atoms with Crippen LogP contribution < -0.4 is 9.64 Å². The SMILES string of the molecule is C[C@@H]1CC[C@H]2C(=O)N(c3ccc(OC(=O)C(c4ccccc4)c4ccccc4)cc3)C(=O)[C@H]2C1. The molecule has 1 aliphatic carbocycles. The van der Waals surface area contributed by atoms with E-state index in [1.807, 2.05) is 60.7 Å². The van der Waals surface area contributed by atoms with Crippen molar-refractivity contribution in [3.05, 3.63) is 96.1 Å². The molecule has 1 saturated carbocycles. The number of esters is 1. The lowest BCUT2D eigenvalue weighted by Crippen LogP contribution is -2.30. The Balaban J connectivity index is 1.35. The number of rotatable bonds is 5. The second-order valence-corrected chi connectivity index (χ2v) is 9.31. The molecule has 0 unspecified atom stereocenters. The van der Waals surface area contributed by atoms with Gasteiger partial charge >= 0.3 is 5.97 Å². The van der Waals surface area contributed by atoms with Crippen LogP contribution in [-0.4, -0.2) is 17.8 Å². The average molecular weight is 454 g/mol. The van der Waals surface area contributed by atoms with Crippen molar-refractivity contribution >= 4 is 23.5 Å². The lowest BCUT2D eigenvalue weighted by Gasteiger charge is -2.25. The van der Waals surface area contributed by atoms with Gasteiger partial charge in [-0.2, -0.15) is 0 Å². The van der Waals surface area contributed by atoms with E-state index in [9.17, 15) is 14.4 Å². The van der Waals surface area contributed by atoms with Gasteiger partial charge in [0.25, 0.3) is 0 Å². The molecule has 3 aromatic carbocycles. The number of benzene rings is 3. The van der Waals surface area contributed by atoms with E-state index in [1.165, 1.54) is 4.90 Å². The molecular weight excluding hydrogens is 426 g/mol. The number of nitrogens with zero attached hydrogens (tertiary/aromatic N) is 1. The van der Waals surface area contributed by atoms with Crippen LogP contribution in [0.2, 0.25) is 0 Å². The van der Waals surface area contributed by atoms with Gasteiger partial charge in [0.1, 0.15) is 11.7 Å². The lowest BCUT2D eigenvalue weighted by molar-refractivity contribution is -0.135. The fourth-order valence-electron chi connectivity index (χ4n) is 5.24. The summed E-state index contributed by atoms with van der Waals surface area (Å²) in [5.74, 6) is -0.769. The molecule has 0 radical (unpaired) electrons. The minimum Gasteiger partial charge on any atom is -0.426 e. The van der Waals surface area contributed by atoms with E-state index in [-0.39, 0.29) is 23.7 Å². The maximum absolute atomic E-state index is 13.2. The number of carbonyl (C=O) groups excluding carboxylic acids is 3. The molecule has 5 heteroatoms. The molecule has 5 rings (SSSR count). The first-order valence-electron chi connectivity index (χ1n) is 11.8. The fraction of sp³-hybridized carbons (Fsp3) is 0.276. The molecule has 0 spiro atoms. The standard InChI is InChI=1S/C29H27NO4/c1-19-12-17-24-25(18-19)28(32)30(27(24)31)22-13-15-23(16-14-22)34-29(33)26(20-8-4-2-5-9-20)21-10-6-3-7-11-21/h2-11,13-16,19,24-26H,12,17-18H2,1H3/t19-,24-,25+/m1/s1. The average Bonchev–Trinajstić information content (AvgIpc) is 3.10. The van der Waals surface area contributed by atoms with Gasteiger partial charge in [0, 0.05) is 0 Å². The first kappa shape index (κ1) is 22.1. The largest absolute Gasteiger partial charge is 0.426 e. The summed E-state index contributed by atoms with van der Waals surface area (Å²) in [5.41, 5.74) is 2.22. The number of ether oxygens (including phenoxy) is 1. The van der Waals surface area contributed by atoms with Crippen LogP contribution >= 0.6 is 0 Å². The fourth-order valence-corrected chi connectivity index (χ4v) is 5.24. The van der Waals surface area contributed by atoms with Crippen molar-refractivity contribution in [1.29, 1.82) is 0 Å². The summed E-state index contributed by atoms with van der Waals surface area (Å²) in [6, 6.07) is 25.7. The highest BCUT2D eigenvalue weighted by molar-refractivity contribution is 6.22. The Morgan fingerprint density at radius 1 is 0.794 bits per heavy atom. The van der Waals surface area contributed by atoms with Gasteiger partial charge in [-0.25, -0.2) is 0 Å². The number of imide groups is 1. The van der Waals surface area contributed by atoms with Gasteiger partial charge in [-0.1, -0.05) is 67.6 Å². The third kappa shape index (κ3) is 4.14. The molecule has 2 fully saturated rings. The van der Waals surface area contributed by atoms with Crippen molar-refractivity contribution in [1.82, 2.24) is 0 Å². The molecule has 1 heterocycles. The lowest BCUT2D eigenvalue weighted by atomic mass is 9.76. The summed E-state index contributed by atoms with van der Waals surface area (Å²) >= 11 is 0. The van der Waals surface area contributed by atoms with Crippen molar-refractivity contribution in [2.24, 2.45) is 17.8 Å². The van der Waals surface area contributed by atoms with Crippen LogP contribution in [0.25, 0.3) is 0 Å². The number of anilines is 1. The second-order valence-electron chi connectivity index (χ2n) is 9.31. The van der Waals surface area contributed by atoms with E-state index in [0.717, 1.165) is 30.4 Å². The number of fused-ring (bicyclic) bond motifs is 1. The predicted molar refractivity (Wildman–Crippen MR) is 129 cm³/mol. The number of amides is 2. The van der Waals surface area contributed by atoms with Crippen LogP contribution in [-0.2, 0) is 14.4 Å². The topological polar surface area (TPSA) is 63.7 Å². The van der Waals surface area contributed by atoms with Crippen LogP contribution in [0.1, 0.15) is 43.2 Å². The zero-order valence-corrected chi connectivity index (χ0v) is 19.1. The van der Waals surface area contributed by atoms with Crippen LogP contribution in [0, 0.1) is 17.8 Å². The van der Waals surface area contributed by atoms with Crippen LogP contribution in [0.4, 0.5) is 5.69 Å². The minimum atomic E-state index is -0.561. The van der Waals surface area contributed by atoms with Gasteiger partial charge in [0.05, 0.1) is 17.5 Å². The van der Waals surface area contributed by atoms with Gasteiger partial charge in [-0.05, 0) is 60.6 Å². The molecule has 3 atom stereocenters. The van der Waals surface area contributed by atoms with Gasteiger partial charge < -0.3 is 4.74 Å². The van der Waals surface area contributed by atoms with Crippen molar-refractivity contribution in [2.45, 2.75) is 32.1 Å². The molecule has 5 nitrogen and oxygen atoms in total. The van der Waals surface area contributed by atoms with E-state index >= 15 is 0 Å². The second kappa shape index (κ2) is 9.26. The van der Waals surface area contributed by atoms with Gasteiger partial charge in [0.15, 0.2) is 0 Å². The molecule has 1 saturated heterocycles. The summed E-state index contributed by atoms with van der Waals surface area (Å²) in [6.07, 6.45) is 2.51. The van der Waals surface area contributed by atoms with E-state index < -0.39 is 11.9 Å². The van der Waals surface area contributed by atoms with E-state index in [0.29, 0.717) is 17.4 Å². The van der Waals surface area contributed by atoms with Crippen molar-refractivity contribution < 1.29 is 19.1 Å². The van der Waals surface area contributed by atoms with Gasteiger partial charge in [0.2, 0.25) is 11.8 Å². The predicted octanol–water partition coefficient (Wildman–Crippen LogP) is 5.35. The molecule has 34 heavy (non-hydrogen) atoms. The van der Waals surface area contributed by atoms with Crippen LogP contribution in [0.5, 0.6) is 5.75 Å². The molecule has 2 amide bonds. The summed E-state index contributed by atoms with van der Waals surface area (Å²) < 4.78 is 5.74. The molecular formula is C29H27NO4. The maximum Gasteiger partial charge on any atom is 0.323 e. The van der Waals surface area contributed by atoms with Gasteiger partial charge in [-0.3, -0.25) is 19.3 Å². The molecule has 2 aliphatic rings. The highest BCUT2D eigenvalue weighted by atomic mass is 16.5. The first-order chi connectivity index (χ1) is 16.5. The van der Waals surface area contributed by atoms with Crippen molar-refractivity contribution in [3.8, 4) is 5.75 Å². The van der Waals surface area contributed by atoms with Crippen LogP contribution in [0.3, 0.4) is 0 Å². The molecule has 172 valence electrons. The summed E-state index contributed by atoms with van der Waals surface area (Å²) in [4.78, 5) is 40.5. The third-order valence-electron chi connectivity index (χ3n) is 7.00. The number of hydrogen-bond acceptors (Lipinski definition) is 4. The zero-order chi connectivity index (χ0) is 23.7. The quantitative estimate of drug-likeness (QED) is 0.297. The van der Waals surface area contributed by atoms with E-state index in [1.54, 1.807) is 24.3 Å². The maximum atomic E-state index is 13.2. The summed E-state index contributed by atoms with van der Waals surface area (Å²) in [7, 11) is 0. The monoisotopic (exact) mass is 453 g/mol. The molecule has 3 aromatic rings.